The number of aliphatic hydroxyl groups excluding tert-OH is 2. The lowest BCUT2D eigenvalue weighted by atomic mass is 10.1. The smallest absolute Gasteiger partial charge is 0.243 e. The van der Waals surface area contributed by atoms with Crippen molar-refractivity contribution in [3.8, 4) is 0 Å². The second kappa shape index (κ2) is 9.10. The van der Waals surface area contributed by atoms with Crippen molar-refractivity contribution in [1.29, 1.82) is 0 Å². The van der Waals surface area contributed by atoms with E-state index in [0.29, 0.717) is 17.1 Å². The standard InChI is InChI=1S/C20H22N4O4S/c21-19-9-10-20(18-4-2-1-3-17(18)19)23-22-15-5-7-16(8-6-15)29(27,28)24(11-13-25)12-14-26/h1-10,25-26H,11-14,21H2. The van der Waals surface area contributed by atoms with Crippen molar-refractivity contribution in [3.05, 3.63) is 60.7 Å². The molecule has 0 unspecified atom stereocenters. The molecule has 29 heavy (non-hydrogen) atoms. The summed E-state index contributed by atoms with van der Waals surface area (Å²) in [5, 5.41) is 28.4. The van der Waals surface area contributed by atoms with Crippen LogP contribution in [-0.4, -0.2) is 49.2 Å². The van der Waals surface area contributed by atoms with Crippen molar-refractivity contribution in [2.75, 3.05) is 32.0 Å². The number of benzene rings is 3. The van der Waals surface area contributed by atoms with E-state index in [1.807, 2.05) is 24.3 Å². The molecule has 8 nitrogen and oxygen atoms in total. The summed E-state index contributed by atoms with van der Waals surface area (Å²) in [6, 6.07) is 17.1. The van der Waals surface area contributed by atoms with Gasteiger partial charge in [0.2, 0.25) is 10.0 Å². The molecular weight excluding hydrogens is 392 g/mol. The van der Waals surface area contributed by atoms with E-state index < -0.39 is 10.0 Å². The number of sulfonamides is 1. The highest BCUT2D eigenvalue weighted by Crippen LogP contribution is 2.31. The first kappa shape index (κ1) is 20.9. The molecule has 0 amide bonds. The van der Waals surface area contributed by atoms with Crippen LogP contribution in [0.4, 0.5) is 17.1 Å². The Bertz CT molecular complexity index is 1110. The molecule has 0 saturated carbocycles. The molecular formula is C20H22N4O4S. The second-order valence-corrected chi connectivity index (χ2v) is 8.20. The Morgan fingerprint density at radius 1 is 0.828 bits per heavy atom. The van der Waals surface area contributed by atoms with E-state index in [1.54, 1.807) is 24.3 Å². The van der Waals surface area contributed by atoms with Crippen molar-refractivity contribution in [3.63, 3.8) is 0 Å². The van der Waals surface area contributed by atoms with Crippen molar-refractivity contribution >= 4 is 37.9 Å². The van der Waals surface area contributed by atoms with Crippen molar-refractivity contribution in [1.82, 2.24) is 4.31 Å². The third-order valence-electron chi connectivity index (χ3n) is 4.38. The topological polar surface area (TPSA) is 129 Å². The van der Waals surface area contributed by atoms with E-state index in [-0.39, 0.29) is 31.2 Å². The third-order valence-corrected chi connectivity index (χ3v) is 6.29. The Morgan fingerprint density at radius 2 is 1.45 bits per heavy atom. The van der Waals surface area contributed by atoms with E-state index >= 15 is 0 Å². The molecule has 3 aromatic rings. The summed E-state index contributed by atoms with van der Waals surface area (Å²) in [6.07, 6.45) is 0. The van der Waals surface area contributed by atoms with Crippen LogP contribution in [0.15, 0.2) is 75.8 Å². The molecule has 0 aliphatic carbocycles. The molecule has 0 atom stereocenters. The highest BCUT2D eigenvalue weighted by Gasteiger charge is 2.23. The van der Waals surface area contributed by atoms with E-state index in [0.717, 1.165) is 15.1 Å². The van der Waals surface area contributed by atoms with Crippen LogP contribution in [0.25, 0.3) is 10.8 Å². The van der Waals surface area contributed by atoms with Gasteiger partial charge in [-0.05, 0) is 36.4 Å². The number of fused-ring (bicyclic) bond motifs is 1. The van der Waals surface area contributed by atoms with Gasteiger partial charge in [-0.1, -0.05) is 24.3 Å². The zero-order valence-corrected chi connectivity index (χ0v) is 16.5. The number of nitrogens with two attached hydrogens (primary N) is 1. The summed E-state index contributed by atoms with van der Waals surface area (Å²) in [6.45, 7) is -0.842. The van der Waals surface area contributed by atoms with E-state index in [9.17, 15) is 8.42 Å². The lowest BCUT2D eigenvalue weighted by Crippen LogP contribution is -2.35. The van der Waals surface area contributed by atoms with Crippen LogP contribution in [0.1, 0.15) is 0 Å². The van der Waals surface area contributed by atoms with E-state index in [2.05, 4.69) is 10.2 Å². The maximum absolute atomic E-state index is 12.6. The Kier molecular flexibility index (Phi) is 6.55. The number of azo groups is 1. The lowest BCUT2D eigenvalue weighted by molar-refractivity contribution is 0.217. The van der Waals surface area contributed by atoms with Gasteiger partial charge in [0.05, 0.1) is 29.5 Å². The van der Waals surface area contributed by atoms with E-state index in [1.165, 1.54) is 12.1 Å². The van der Waals surface area contributed by atoms with Crippen LogP contribution in [0.2, 0.25) is 0 Å². The van der Waals surface area contributed by atoms with Crippen LogP contribution in [0.5, 0.6) is 0 Å². The van der Waals surface area contributed by atoms with Gasteiger partial charge in [0.1, 0.15) is 0 Å². The zero-order valence-electron chi connectivity index (χ0n) is 15.6. The third kappa shape index (κ3) is 4.60. The fraction of sp³-hybridized carbons (Fsp3) is 0.200. The number of nitrogens with zero attached hydrogens (tertiary/aromatic N) is 3. The highest BCUT2D eigenvalue weighted by atomic mass is 32.2. The van der Waals surface area contributed by atoms with Crippen LogP contribution in [0.3, 0.4) is 0 Å². The summed E-state index contributed by atoms with van der Waals surface area (Å²) < 4.78 is 26.3. The van der Waals surface area contributed by atoms with Gasteiger partial charge in [0, 0.05) is 29.5 Å². The number of aliphatic hydroxyl groups is 2. The van der Waals surface area contributed by atoms with Gasteiger partial charge in [-0.3, -0.25) is 0 Å². The first-order valence-corrected chi connectivity index (χ1v) is 10.4. The first-order chi connectivity index (χ1) is 14.0. The number of anilines is 1. The predicted octanol–water partition coefficient (Wildman–Crippen LogP) is 2.81. The number of hydrogen-bond donors (Lipinski definition) is 3. The molecule has 0 bridgehead atoms. The Morgan fingerprint density at radius 3 is 2.07 bits per heavy atom. The average Bonchev–Trinajstić information content (AvgIpc) is 2.74. The average molecular weight is 414 g/mol. The Labute approximate surface area is 169 Å². The minimum absolute atomic E-state index is 0.0521. The molecule has 3 aromatic carbocycles. The SMILES string of the molecule is Nc1ccc(N=Nc2ccc(S(=O)(=O)N(CCO)CCO)cc2)c2ccccc12. The molecule has 152 valence electrons. The molecule has 0 heterocycles. The highest BCUT2D eigenvalue weighted by molar-refractivity contribution is 7.89. The first-order valence-electron chi connectivity index (χ1n) is 8.98. The molecule has 9 heteroatoms. The monoisotopic (exact) mass is 414 g/mol. The summed E-state index contributed by atoms with van der Waals surface area (Å²) in [4.78, 5) is 0.0521. The molecule has 3 rings (SSSR count). The molecule has 0 aliphatic rings. The molecule has 0 radical (unpaired) electrons. The van der Waals surface area contributed by atoms with Gasteiger partial charge in [0.15, 0.2) is 0 Å². The molecule has 0 spiro atoms. The maximum atomic E-state index is 12.6. The van der Waals surface area contributed by atoms with Gasteiger partial charge in [-0.15, -0.1) is 5.11 Å². The van der Waals surface area contributed by atoms with Crippen molar-refractivity contribution in [2.24, 2.45) is 10.2 Å². The van der Waals surface area contributed by atoms with Crippen LogP contribution in [-0.2, 0) is 10.0 Å². The molecule has 0 aromatic heterocycles. The summed E-state index contributed by atoms with van der Waals surface area (Å²) in [5.41, 5.74) is 7.79. The maximum Gasteiger partial charge on any atom is 0.243 e. The summed E-state index contributed by atoms with van der Waals surface area (Å²) >= 11 is 0. The largest absolute Gasteiger partial charge is 0.398 e. The summed E-state index contributed by atoms with van der Waals surface area (Å²) in [7, 11) is -3.82. The molecule has 0 aliphatic heterocycles. The Hall–Kier alpha value is -2.85. The minimum Gasteiger partial charge on any atom is -0.398 e. The molecule has 4 N–H and O–H groups in total. The summed E-state index contributed by atoms with van der Waals surface area (Å²) in [5.74, 6) is 0. The zero-order chi connectivity index (χ0) is 20.9. The molecule has 0 fully saturated rings. The van der Waals surface area contributed by atoms with Crippen LogP contribution in [0, 0.1) is 0 Å². The van der Waals surface area contributed by atoms with Gasteiger partial charge in [-0.25, -0.2) is 8.42 Å². The molecule has 0 saturated heterocycles. The normalized spacial score (nSPS) is 12.2. The number of rotatable bonds is 8. The number of hydrogen-bond acceptors (Lipinski definition) is 7. The number of nitrogen functional groups attached to an aromatic ring is 1. The fourth-order valence-corrected chi connectivity index (χ4v) is 4.34. The van der Waals surface area contributed by atoms with Crippen molar-refractivity contribution < 1.29 is 18.6 Å². The quantitative estimate of drug-likeness (QED) is 0.386. The van der Waals surface area contributed by atoms with Gasteiger partial charge in [0.25, 0.3) is 0 Å². The fourth-order valence-electron chi connectivity index (χ4n) is 2.91. The van der Waals surface area contributed by atoms with Gasteiger partial charge < -0.3 is 15.9 Å². The Balaban J connectivity index is 1.85. The predicted molar refractivity (Wildman–Crippen MR) is 112 cm³/mol. The van der Waals surface area contributed by atoms with Gasteiger partial charge >= 0.3 is 0 Å². The van der Waals surface area contributed by atoms with Gasteiger partial charge in [-0.2, -0.15) is 9.42 Å². The van der Waals surface area contributed by atoms with Crippen LogP contribution >= 0.6 is 0 Å². The minimum atomic E-state index is -3.82. The second-order valence-electron chi connectivity index (χ2n) is 6.26. The van der Waals surface area contributed by atoms with Crippen LogP contribution < -0.4 is 5.73 Å². The van der Waals surface area contributed by atoms with Crippen molar-refractivity contribution in [2.45, 2.75) is 4.90 Å². The lowest BCUT2D eigenvalue weighted by Gasteiger charge is -2.20. The van der Waals surface area contributed by atoms with E-state index in [4.69, 9.17) is 15.9 Å².